The van der Waals surface area contributed by atoms with E-state index in [2.05, 4.69) is 4.98 Å². The van der Waals surface area contributed by atoms with Crippen molar-refractivity contribution in [2.75, 3.05) is 0 Å². The Morgan fingerprint density at radius 3 is 1.10 bits per heavy atom. The van der Waals surface area contributed by atoms with Crippen LogP contribution in [0, 0.1) is 64.1 Å². The number of aromatic nitrogens is 1. The van der Waals surface area contributed by atoms with Crippen LogP contribution in [0.25, 0.3) is 22.3 Å². The summed E-state index contributed by atoms with van der Waals surface area (Å²) in [5.41, 5.74) is -6.38. The van der Waals surface area contributed by atoms with E-state index >= 15 is 0 Å². The molecule has 3 rings (SSSR count). The zero-order valence-electron chi connectivity index (χ0n) is 13.3. The highest BCUT2D eigenvalue weighted by molar-refractivity contribution is 5.84. The number of pyridine rings is 1. The van der Waals surface area contributed by atoms with Crippen LogP contribution in [-0.4, -0.2) is 4.98 Å². The van der Waals surface area contributed by atoms with Gasteiger partial charge < -0.3 is 0 Å². The Hall–Kier alpha value is -3.18. The molecular formula is C17H2F11N. The highest BCUT2D eigenvalue weighted by atomic mass is 19.2. The molecule has 0 spiro atoms. The van der Waals surface area contributed by atoms with Gasteiger partial charge >= 0.3 is 0 Å². The summed E-state index contributed by atoms with van der Waals surface area (Å²) in [6, 6.07) is 0.00561. The van der Waals surface area contributed by atoms with E-state index in [1.807, 2.05) is 0 Å². The van der Waals surface area contributed by atoms with Gasteiger partial charge in [-0.2, -0.15) is 4.39 Å². The average molecular weight is 429 g/mol. The molecule has 0 fully saturated rings. The number of halogens is 11. The second kappa shape index (κ2) is 7.01. The van der Waals surface area contributed by atoms with Gasteiger partial charge in [0.05, 0.1) is 11.1 Å². The van der Waals surface area contributed by atoms with Crippen molar-refractivity contribution in [1.82, 2.24) is 4.98 Å². The molecule has 0 unspecified atom stereocenters. The fourth-order valence-corrected chi connectivity index (χ4v) is 2.52. The summed E-state index contributed by atoms with van der Waals surface area (Å²) in [7, 11) is 0. The lowest BCUT2D eigenvalue weighted by molar-refractivity contribution is 0.380. The van der Waals surface area contributed by atoms with Crippen LogP contribution in [0.5, 0.6) is 0 Å². The molecule has 3 aromatic rings. The van der Waals surface area contributed by atoms with Gasteiger partial charge in [-0.15, -0.1) is 0 Å². The zero-order valence-corrected chi connectivity index (χ0v) is 13.3. The number of nitrogens with zero attached hydrogens (tertiary/aromatic N) is 1. The van der Waals surface area contributed by atoms with Crippen molar-refractivity contribution in [3.63, 3.8) is 0 Å². The molecule has 0 bridgehead atoms. The average Bonchev–Trinajstić information content (AvgIpc) is 2.69. The van der Waals surface area contributed by atoms with Crippen LogP contribution < -0.4 is 0 Å². The van der Waals surface area contributed by atoms with E-state index in [-0.39, 0.29) is 12.3 Å². The molecule has 0 aliphatic heterocycles. The van der Waals surface area contributed by atoms with E-state index in [0.717, 1.165) is 0 Å². The lowest BCUT2D eigenvalue weighted by Crippen LogP contribution is -2.08. The molecule has 2 aromatic carbocycles. The van der Waals surface area contributed by atoms with Crippen molar-refractivity contribution in [2.24, 2.45) is 0 Å². The molecule has 0 N–H and O–H groups in total. The number of rotatable bonds is 2. The first-order valence-corrected chi connectivity index (χ1v) is 7.18. The maximum atomic E-state index is 14.1. The van der Waals surface area contributed by atoms with Gasteiger partial charge in [0.1, 0.15) is 0 Å². The largest absolute Gasteiger partial charge is 0.228 e. The first kappa shape index (κ1) is 20.6. The Labute approximate surface area is 153 Å². The summed E-state index contributed by atoms with van der Waals surface area (Å²) in [5.74, 6) is -26.7. The zero-order chi connectivity index (χ0) is 21.8. The third-order valence-corrected chi connectivity index (χ3v) is 3.83. The second-order valence-corrected chi connectivity index (χ2v) is 5.44. The van der Waals surface area contributed by atoms with Crippen LogP contribution in [0.15, 0.2) is 12.3 Å². The van der Waals surface area contributed by atoms with E-state index in [0.29, 0.717) is 0 Å². The molecule has 0 amide bonds. The maximum Gasteiger partial charge on any atom is 0.213 e. The lowest BCUT2D eigenvalue weighted by Gasteiger charge is -2.15. The SMILES string of the molecule is Fc1cc(-c2c(F)c(F)c(F)c(F)c2F)c(-c2c(F)c(F)c(F)c(F)c2F)cn1. The Bertz CT molecular complexity index is 1120. The van der Waals surface area contributed by atoms with Crippen LogP contribution in [0.1, 0.15) is 0 Å². The molecule has 1 nitrogen and oxygen atoms in total. The summed E-state index contributed by atoms with van der Waals surface area (Å²) < 4.78 is 150. The van der Waals surface area contributed by atoms with E-state index in [9.17, 15) is 48.3 Å². The van der Waals surface area contributed by atoms with Gasteiger partial charge in [-0.3, -0.25) is 0 Å². The molecule has 0 saturated carbocycles. The minimum atomic E-state index is -2.59. The van der Waals surface area contributed by atoms with E-state index in [1.54, 1.807) is 0 Å². The number of hydrogen-bond acceptors (Lipinski definition) is 1. The summed E-state index contributed by atoms with van der Waals surface area (Å²) in [6.07, 6.45) is 0.112. The molecule has 0 aliphatic carbocycles. The summed E-state index contributed by atoms with van der Waals surface area (Å²) in [4.78, 5) is 2.88. The summed E-state index contributed by atoms with van der Waals surface area (Å²) in [5, 5.41) is 0. The highest BCUT2D eigenvalue weighted by Crippen LogP contribution is 2.40. The summed E-state index contributed by atoms with van der Waals surface area (Å²) >= 11 is 0. The first-order valence-electron chi connectivity index (χ1n) is 7.18. The predicted molar refractivity (Wildman–Crippen MR) is 74.6 cm³/mol. The molecular weight excluding hydrogens is 427 g/mol. The van der Waals surface area contributed by atoms with E-state index < -0.39 is 86.4 Å². The van der Waals surface area contributed by atoms with Crippen molar-refractivity contribution < 1.29 is 48.3 Å². The third-order valence-electron chi connectivity index (χ3n) is 3.83. The standard InChI is InChI=1S/C17H2F11N/c18-5-1-3(6-8(19)12(23)16(27)13(24)9(6)20)4(2-29-5)7-10(21)14(25)17(28)15(26)11(7)22/h1-2H. The quantitative estimate of drug-likeness (QED) is 0.213. The Kier molecular flexibility index (Phi) is 4.97. The molecule has 0 radical (unpaired) electrons. The molecule has 12 heteroatoms. The lowest BCUT2D eigenvalue weighted by atomic mass is 9.94. The van der Waals surface area contributed by atoms with Gasteiger partial charge in [-0.25, -0.2) is 48.9 Å². The van der Waals surface area contributed by atoms with Gasteiger partial charge in [0.15, 0.2) is 46.5 Å². The summed E-state index contributed by atoms with van der Waals surface area (Å²) in [6.45, 7) is 0. The van der Waals surface area contributed by atoms with Crippen molar-refractivity contribution in [2.45, 2.75) is 0 Å². The molecule has 1 aromatic heterocycles. The van der Waals surface area contributed by atoms with Crippen molar-refractivity contribution >= 4 is 0 Å². The van der Waals surface area contributed by atoms with Crippen LogP contribution in [0.2, 0.25) is 0 Å². The van der Waals surface area contributed by atoms with Crippen LogP contribution in [0.4, 0.5) is 48.3 Å². The highest BCUT2D eigenvalue weighted by Gasteiger charge is 2.32. The van der Waals surface area contributed by atoms with Crippen LogP contribution in [0.3, 0.4) is 0 Å². The van der Waals surface area contributed by atoms with Crippen molar-refractivity contribution in [1.29, 1.82) is 0 Å². The molecule has 0 saturated heterocycles. The van der Waals surface area contributed by atoms with E-state index in [1.165, 1.54) is 0 Å². The maximum absolute atomic E-state index is 14.1. The van der Waals surface area contributed by atoms with Crippen LogP contribution >= 0.6 is 0 Å². The second-order valence-electron chi connectivity index (χ2n) is 5.44. The van der Waals surface area contributed by atoms with Crippen LogP contribution in [-0.2, 0) is 0 Å². The fraction of sp³-hybridized carbons (Fsp3) is 0. The minimum absolute atomic E-state index is 0.00561. The van der Waals surface area contributed by atoms with E-state index in [4.69, 9.17) is 0 Å². The predicted octanol–water partition coefficient (Wildman–Crippen LogP) is 5.95. The number of hydrogen-bond donors (Lipinski definition) is 0. The third kappa shape index (κ3) is 2.98. The molecule has 0 atom stereocenters. The van der Waals surface area contributed by atoms with Gasteiger partial charge in [-0.05, 0) is 0 Å². The fourth-order valence-electron chi connectivity index (χ4n) is 2.52. The number of benzene rings is 2. The van der Waals surface area contributed by atoms with Gasteiger partial charge in [0.2, 0.25) is 17.6 Å². The van der Waals surface area contributed by atoms with Gasteiger partial charge in [0.25, 0.3) is 0 Å². The normalized spacial score (nSPS) is 11.3. The molecule has 29 heavy (non-hydrogen) atoms. The van der Waals surface area contributed by atoms with Crippen molar-refractivity contribution in [3.8, 4) is 22.3 Å². The molecule has 1 heterocycles. The van der Waals surface area contributed by atoms with Gasteiger partial charge in [0, 0.05) is 23.4 Å². The monoisotopic (exact) mass is 429 g/mol. The Morgan fingerprint density at radius 1 is 0.414 bits per heavy atom. The first-order chi connectivity index (χ1) is 13.5. The molecule has 0 aliphatic rings. The Morgan fingerprint density at radius 2 is 0.724 bits per heavy atom. The Balaban J connectivity index is 2.50. The van der Waals surface area contributed by atoms with Crippen molar-refractivity contribution in [3.05, 3.63) is 76.4 Å². The van der Waals surface area contributed by atoms with Gasteiger partial charge in [-0.1, -0.05) is 0 Å². The minimum Gasteiger partial charge on any atom is -0.228 e. The molecule has 152 valence electrons. The smallest absolute Gasteiger partial charge is 0.213 e. The topological polar surface area (TPSA) is 12.9 Å².